The van der Waals surface area contributed by atoms with E-state index in [-0.39, 0.29) is 11.9 Å². The van der Waals surface area contributed by atoms with Crippen LogP contribution in [0.4, 0.5) is 11.9 Å². The van der Waals surface area contributed by atoms with Crippen molar-refractivity contribution in [2.24, 2.45) is 0 Å². The molecule has 9 heteroatoms. The molecule has 1 aromatic heterocycles. The van der Waals surface area contributed by atoms with Crippen molar-refractivity contribution in [3.63, 3.8) is 0 Å². The van der Waals surface area contributed by atoms with Crippen LogP contribution in [0.15, 0.2) is 72.8 Å². The smallest absolute Gasteiger partial charge is 0.281 e. The average Bonchev–Trinajstić information content (AvgIpc) is 3.25. The monoisotopic (exact) mass is 481 g/mol. The number of hydrogen-bond acceptors (Lipinski definition) is 6. The molecule has 4 aromatic rings. The van der Waals surface area contributed by atoms with Gasteiger partial charge in [-0.1, -0.05) is 59.6 Å². The van der Waals surface area contributed by atoms with Crippen LogP contribution in [0.25, 0.3) is 0 Å². The summed E-state index contributed by atoms with van der Waals surface area (Å²) < 4.78 is 6.40. The Kier molecular flexibility index (Phi) is 7.12. The van der Waals surface area contributed by atoms with Gasteiger partial charge in [0.2, 0.25) is 11.9 Å². The van der Waals surface area contributed by atoms with Crippen molar-refractivity contribution in [2.45, 2.75) is 13.1 Å². The minimum absolute atomic E-state index is 0.289. The summed E-state index contributed by atoms with van der Waals surface area (Å²) in [4.78, 5) is 17.7. The van der Waals surface area contributed by atoms with E-state index >= 15 is 0 Å². The zero-order valence-corrected chi connectivity index (χ0v) is 19.3. The van der Waals surface area contributed by atoms with Gasteiger partial charge in [0, 0.05) is 28.7 Å². The summed E-state index contributed by atoms with van der Waals surface area (Å²) in [7, 11) is 1.57. The quantitative estimate of drug-likeness (QED) is 0.345. The highest BCUT2D eigenvalue weighted by Crippen LogP contribution is 2.20. The highest BCUT2D eigenvalue weighted by atomic mass is 35.5. The lowest BCUT2D eigenvalue weighted by Gasteiger charge is -2.08. The van der Waals surface area contributed by atoms with Crippen molar-refractivity contribution in [3.8, 4) is 5.75 Å². The second-order valence-corrected chi connectivity index (χ2v) is 7.91. The first-order valence-electron chi connectivity index (χ1n) is 10.2. The topological polar surface area (TPSA) is 81.1 Å². The Morgan fingerprint density at radius 2 is 1.45 bits per heavy atom. The number of benzene rings is 3. The maximum atomic E-state index is 13.2. The number of ether oxygens (including phenoxy) is 1. The van der Waals surface area contributed by atoms with E-state index in [1.807, 2.05) is 48.5 Å². The number of aromatic nitrogens is 3. The van der Waals surface area contributed by atoms with Crippen molar-refractivity contribution in [3.05, 3.63) is 99.5 Å². The second-order valence-electron chi connectivity index (χ2n) is 7.09. The number of halogens is 2. The van der Waals surface area contributed by atoms with E-state index in [1.165, 1.54) is 4.68 Å². The third kappa shape index (κ3) is 5.45. The van der Waals surface area contributed by atoms with Gasteiger partial charge in [-0.25, -0.2) is 0 Å². The number of nitrogens with zero attached hydrogens (tertiary/aromatic N) is 3. The molecule has 0 bridgehead atoms. The lowest BCUT2D eigenvalue weighted by molar-refractivity contribution is 0.0947. The average molecular weight is 482 g/mol. The SMILES string of the molecule is COc1ccc(C(=O)n2nc(NCc3ccccc3Cl)nc2NCc2ccccc2Cl)cc1. The standard InChI is InChI=1S/C24H21Cl2N5O2/c1-33-19-12-10-16(11-13-19)22(32)31-24(28-15-18-7-3-5-9-21(18)26)29-23(30-31)27-14-17-6-2-4-8-20(17)25/h2-13H,14-15H2,1H3,(H2,27,28,29,30). The predicted octanol–water partition coefficient (Wildman–Crippen LogP) is 5.51. The number of rotatable bonds is 8. The van der Waals surface area contributed by atoms with E-state index in [9.17, 15) is 4.79 Å². The Hall–Kier alpha value is -3.55. The molecular weight excluding hydrogens is 461 g/mol. The third-order valence-electron chi connectivity index (χ3n) is 4.93. The van der Waals surface area contributed by atoms with Crippen LogP contribution in [0.1, 0.15) is 21.5 Å². The summed E-state index contributed by atoms with van der Waals surface area (Å²) >= 11 is 12.5. The fourth-order valence-corrected chi connectivity index (χ4v) is 3.54. The second kappa shape index (κ2) is 10.4. The Balaban J connectivity index is 1.59. The van der Waals surface area contributed by atoms with Crippen LogP contribution in [0.3, 0.4) is 0 Å². The highest BCUT2D eigenvalue weighted by molar-refractivity contribution is 6.31. The lowest BCUT2D eigenvalue weighted by Crippen LogP contribution is -2.17. The first kappa shape index (κ1) is 22.6. The molecule has 168 valence electrons. The molecule has 0 fully saturated rings. The Labute approximate surface area is 201 Å². The Morgan fingerprint density at radius 1 is 0.879 bits per heavy atom. The molecule has 0 aliphatic rings. The zero-order valence-electron chi connectivity index (χ0n) is 17.8. The van der Waals surface area contributed by atoms with Gasteiger partial charge in [0.25, 0.3) is 5.91 Å². The van der Waals surface area contributed by atoms with Gasteiger partial charge >= 0.3 is 0 Å². The van der Waals surface area contributed by atoms with E-state index < -0.39 is 0 Å². The van der Waals surface area contributed by atoms with E-state index in [2.05, 4.69) is 20.7 Å². The summed E-state index contributed by atoms with van der Waals surface area (Å²) in [5, 5.41) is 11.9. The van der Waals surface area contributed by atoms with E-state index in [1.54, 1.807) is 31.4 Å². The molecular formula is C24H21Cl2N5O2. The summed E-state index contributed by atoms with van der Waals surface area (Å²) in [5.74, 6) is 0.901. The maximum absolute atomic E-state index is 13.2. The molecule has 0 aliphatic carbocycles. The summed E-state index contributed by atoms with van der Waals surface area (Å²) in [6.45, 7) is 0.780. The summed E-state index contributed by atoms with van der Waals surface area (Å²) in [6.07, 6.45) is 0. The molecule has 1 heterocycles. The van der Waals surface area contributed by atoms with Crippen LogP contribution < -0.4 is 15.4 Å². The molecule has 33 heavy (non-hydrogen) atoms. The minimum atomic E-state index is -0.336. The number of anilines is 2. The van der Waals surface area contributed by atoms with E-state index in [4.69, 9.17) is 27.9 Å². The highest BCUT2D eigenvalue weighted by Gasteiger charge is 2.18. The van der Waals surface area contributed by atoms with Crippen molar-refractivity contribution < 1.29 is 9.53 Å². The molecule has 3 aromatic carbocycles. The number of nitrogens with one attached hydrogen (secondary N) is 2. The first-order valence-corrected chi connectivity index (χ1v) is 10.9. The van der Waals surface area contributed by atoms with Crippen LogP contribution in [-0.2, 0) is 13.1 Å². The van der Waals surface area contributed by atoms with Gasteiger partial charge in [-0.15, -0.1) is 5.10 Å². The van der Waals surface area contributed by atoms with E-state index in [0.717, 1.165) is 11.1 Å². The molecule has 0 radical (unpaired) electrons. The fourth-order valence-electron chi connectivity index (χ4n) is 3.13. The van der Waals surface area contributed by atoms with Crippen molar-refractivity contribution in [1.82, 2.24) is 14.8 Å². The number of carbonyl (C=O) groups is 1. The van der Waals surface area contributed by atoms with Gasteiger partial charge in [-0.05, 0) is 47.5 Å². The Morgan fingerprint density at radius 3 is 2.03 bits per heavy atom. The third-order valence-corrected chi connectivity index (χ3v) is 5.66. The van der Waals surface area contributed by atoms with Crippen LogP contribution in [0.5, 0.6) is 5.75 Å². The molecule has 7 nitrogen and oxygen atoms in total. The van der Waals surface area contributed by atoms with Gasteiger partial charge in [-0.3, -0.25) is 4.79 Å². The molecule has 0 saturated carbocycles. The van der Waals surface area contributed by atoms with E-state index in [0.29, 0.717) is 40.4 Å². The van der Waals surface area contributed by atoms with Crippen molar-refractivity contribution in [2.75, 3.05) is 17.7 Å². The van der Waals surface area contributed by atoms with Crippen LogP contribution in [0.2, 0.25) is 10.0 Å². The van der Waals surface area contributed by atoms with Crippen molar-refractivity contribution in [1.29, 1.82) is 0 Å². The van der Waals surface area contributed by atoms with Crippen LogP contribution >= 0.6 is 23.2 Å². The van der Waals surface area contributed by atoms with Crippen LogP contribution in [-0.4, -0.2) is 27.8 Å². The van der Waals surface area contributed by atoms with Gasteiger partial charge in [0.05, 0.1) is 7.11 Å². The molecule has 0 amide bonds. The van der Waals surface area contributed by atoms with Gasteiger partial charge in [0.1, 0.15) is 5.75 Å². The normalized spacial score (nSPS) is 10.6. The minimum Gasteiger partial charge on any atom is -0.497 e. The zero-order chi connectivity index (χ0) is 23.2. The lowest BCUT2D eigenvalue weighted by atomic mass is 10.2. The fraction of sp³-hybridized carbons (Fsp3) is 0.125. The number of methoxy groups -OCH3 is 1. The van der Waals surface area contributed by atoms with Gasteiger partial charge < -0.3 is 15.4 Å². The molecule has 0 unspecified atom stereocenters. The van der Waals surface area contributed by atoms with Crippen molar-refractivity contribution >= 4 is 41.0 Å². The molecule has 2 N–H and O–H groups in total. The predicted molar refractivity (Wildman–Crippen MR) is 130 cm³/mol. The van der Waals surface area contributed by atoms with Crippen LogP contribution in [0, 0.1) is 0 Å². The molecule has 0 aliphatic heterocycles. The molecule has 0 saturated heterocycles. The summed E-state index contributed by atoms with van der Waals surface area (Å²) in [5.41, 5.74) is 2.21. The molecule has 0 spiro atoms. The maximum Gasteiger partial charge on any atom is 0.281 e. The Bertz CT molecular complexity index is 1260. The number of carbonyl (C=O) groups excluding carboxylic acids is 1. The number of hydrogen-bond donors (Lipinski definition) is 2. The van der Waals surface area contributed by atoms with Gasteiger partial charge in [0.15, 0.2) is 0 Å². The molecule has 4 rings (SSSR count). The largest absolute Gasteiger partial charge is 0.497 e. The summed E-state index contributed by atoms with van der Waals surface area (Å²) in [6, 6.07) is 21.7. The molecule has 0 atom stereocenters. The van der Waals surface area contributed by atoms with Gasteiger partial charge in [-0.2, -0.15) is 9.67 Å². The first-order chi connectivity index (χ1) is 16.0.